The van der Waals surface area contributed by atoms with E-state index in [4.69, 9.17) is 0 Å². The Kier molecular flexibility index (Phi) is 7.34. The summed E-state index contributed by atoms with van der Waals surface area (Å²) in [6.07, 6.45) is 7.33. The molecule has 0 bridgehead atoms. The highest BCUT2D eigenvalue weighted by molar-refractivity contribution is 5.89. The fourth-order valence-electron chi connectivity index (χ4n) is 3.85. The molecule has 0 spiro atoms. The molecular weight excluding hydrogens is 290 g/mol. The lowest BCUT2D eigenvalue weighted by Gasteiger charge is -2.31. The molecule has 1 unspecified atom stereocenters. The van der Waals surface area contributed by atoms with Gasteiger partial charge in [0.15, 0.2) is 0 Å². The second-order valence-corrected chi connectivity index (χ2v) is 6.91. The van der Waals surface area contributed by atoms with Crippen molar-refractivity contribution in [2.75, 3.05) is 32.7 Å². The van der Waals surface area contributed by atoms with Crippen LogP contribution < -0.4 is 5.32 Å². The fourth-order valence-corrected chi connectivity index (χ4v) is 3.85. The Morgan fingerprint density at radius 1 is 1.22 bits per heavy atom. The third-order valence-corrected chi connectivity index (χ3v) is 5.39. The number of carbonyl (C=O) groups is 2. The predicted molar refractivity (Wildman–Crippen MR) is 92.1 cm³/mol. The number of nitrogens with one attached hydrogen (secondary N) is 1. The average Bonchev–Trinajstić information content (AvgIpc) is 2.97. The molecule has 23 heavy (non-hydrogen) atoms. The molecule has 2 fully saturated rings. The smallest absolute Gasteiger partial charge is 0.225 e. The third-order valence-electron chi connectivity index (χ3n) is 5.39. The molecular formula is C18H33N3O2. The van der Waals surface area contributed by atoms with Gasteiger partial charge in [-0.2, -0.15) is 0 Å². The first-order chi connectivity index (χ1) is 11.2. The van der Waals surface area contributed by atoms with Crippen LogP contribution in [0.5, 0.6) is 0 Å². The summed E-state index contributed by atoms with van der Waals surface area (Å²) in [4.78, 5) is 28.9. The van der Waals surface area contributed by atoms with Crippen molar-refractivity contribution in [3.8, 4) is 0 Å². The highest BCUT2D eigenvalue weighted by atomic mass is 16.2. The quantitative estimate of drug-likeness (QED) is 0.695. The Hall–Kier alpha value is -1.10. The summed E-state index contributed by atoms with van der Waals surface area (Å²) in [6.45, 7) is 8.79. The minimum absolute atomic E-state index is 0.0659. The molecule has 132 valence electrons. The van der Waals surface area contributed by atoms with Crippen molar-refractivity contribution in [1.82, 2.24) is 15.1 Å². The molecule has 1 aliphatic heterocycles. The number of amides is 2. The molecule has 5 heteroatoms. The highest BCUT2D eigenvalue weighted by Crippen LogP contribution is 2.28. The molecule has 5 nitrogen and oxygen atoms in total. The first-order valence-electron chi connectivity index (χ1n) is 9.45. The number of carbonyl (C=O) groups excluding carboxylic acids is 2. The monoisotopic (exact) mass is 323 g/mol. The van der Waals surface area contributed by atoms with E-state index in [2.05, 4.69) is 24.1 Å². The maximum atomic E-state index is 12.3. The Balaban J connectivity index is 1.70. The van der Waals surface area contributed by atoms with E-state index < -0.39 is 0 Å². The number of hydrogen-bond donors (Lipinski definition) is 1. The van der Waals surface area contributed by atoms with Crippen LogP contribution in [0.4, 0.5) is 0 Å². The number of rotatable bonds is 8. The molecule has 1 saturated heterocycles. The molecule has 2 aliphatic rings. The number of nitrogens with zero attached hydrogens (tertiary/aromatic N) is 2. The maximum absolute atomic E-state index is 12.3. The van der Waals surface area contributed by atoms with Crippen molar-refractivity contribution in [2.45, 2.75) is 64.8 Å². The summed E-state index contributed by atoms with van der Waals surface area (Å²) in [5, 5.41) is 3.03. The molecule has 1 atom stereocenters. The van der Waals surface area contributed by atoms with Crippen molar-refractivity contribution < 1.29 is 9.59 Å². The van der Waals surface area contributed by atoms with Gasteiger partial charge in [-0.05, 0) is 38.9 Å². The lowest BCUT2D eigenvalue weighted by molar-refractivity contribution is -0.130. The number of likely N-dealkylation sites (tertiary alicyclic amines) is 1. The predicted octanol–water partition coefficient (Wildman–Crippen LogP) is 2.02. The van der Waals surface area contributed by atoms with Gasteiger partial charge in [-0.25, -0.2) is 0 Å². The average molecular weight is 323 g/mol. The molecule has 1 N–H and O–H groups in total. The van der Waals surface area contributed by atoms with Crippen LogP contribution in [0.1, 0.15) is 58.8 Å². The summed E-state index contributed by atoms with van der Waals surface area (Å²) >= 11 is 0. The Morgan fingerprint density at radius 3 is 2.57 bits per heavy atom. The van der Waals surface area contributed by atoms with Crippen LogP contribution in [0, 0.1) is 5.92 Å². The van der Waals surface area contributed by atoms with E-state index in [1.165, 1.54) is 19.3 Å². The van der Waals surface area contributed by atoms with Gasteiger partial charge in [0, 0.05) is 25.6 Å². The molecule has 1 heterocycles. The van der Waals surface area contributed by atoms with E-state index in [9.17, 15) is 9.59 Å². The van der Waals surface area contributed by atoms with Crippen LogP contribution in [0.3, 0.4) is 0 Å². The van der Waals surface area contributed by atoms with Gasteiger partial charge in [0.1, 0.15) is 0 Å². The van der Waals surface area contributed by atoms with Crippen molar-refractivity contribution in [3.05, 3.63) is 0 Å². The highest BCUT2D eigenvalue weighted by Gasteiger charge is 2.37. The molecule has 0 aromatic carbocycles. The van der Waals surface area contributed by atoms with Gasteiger partial charge in [0.25, 0.3) is 0 Å². The SMILES string of the molecule is CCN(CC)CCCNC(=O)C1CC(=O)N(C2CCCCC2)C1. The molecule has 2 amide bonds. The van der Waals surface area contributed by atoms with E-state index in [-0.39, 0.29) is 17.7 Å². The third kappa shape index (κ3) is 5.20. The second kappa shape index (κ2) is 9.26. The van der Waals surface area contributed by atoms with Crippen molar-refractivity contribution >= 4 is 11.8 Å². The van der Waals surface area contributed by atoms with Gasteiger partial charge < -0.3 is 15.1 Å². The molecule has 0 aromatic heterocycles. The first-order valence-corrected chi connectivity index (χ1v) is 9.45. The minimum Gasteiger partial charge on any atom is -0.356 e. The lowest BCUT2D eigenvalue weighted by Crippen LogP contribution is -2.39. The van der Waals surface area contributed by atoms with Crippen LogP contribution >= 0.6 is 0 Å². The topological polar surface area (TPSA) is 52.7 Å². The van der Waals surface area contributed by atoms with Gasteiger partial charge >= 0.3 is 0 Å². The molecule has 1 aliphatic carbocycles. The van der Waals surface area contributed by atoms with Crippen molar-refractivity contribution in [2.24, 2.45) is 5.92 Å². The maximum Gasteiger partial charge on any atom is 0.225 e. The standard InChI is InChI=1S/C18H33N3O2/c1-3-20(4-2)12-8-11-19-18(23)15-13-17(22)21(14-15)16-9-6-5-7-10-16/h15-16H,3-14H2,1-2H3,(H,19,23). The van der Waals surface area contributed by atoms with Gasteiger partial charge in [0.2, 0.25) is 11.8 Å². The van der Waals surface area contributed by atoms with Crippen LogP contribution in [0.25, 0.3) is 0 Å². The van der Waals surface area contributed by atoms with Crippen LogP contribution in [-0.4, -0.2) is 60.4 Å². The summed E-state index contributed by atoms with van der Waals surface area (Å²) in [7, 11) is 0. The molecule has 0 radical (unpaired) electrons. The first kappa shape index (κ1) is 18.2. The second-order valence-electron chi connectivity index (χ2n) is 6.91. The van der Waals surface area contributed by atoms with Crippen molar-refractivity contribution in [1.29, 1.82) is 0 Å². The summed E-state index contributed by atoms with van der Waals surface area (Å²) < 4.78 is 0. The Bertz CT molecular complexity index is 390. The zero-order valence-corrected chi connectivity index (χ0v) is 14.9. The fraction of sp³-hybridized carbons (Fsp3) is 0.889. The lowest BCUT2D eigenvalue weighted by atomic mass is 9.94. The van der Waals surface area contributed by atoms with Gasteiger partial charge in [-0.15, -0.1) is 0 Å². The molecule has 2 rings (SSSR count). The zero-order valence-electron chi connectivity index (χ0n) is 14.9. The zero-order chi connectivity index (χ0) is 16.7. The summed E-state index contributed by atoms with van der Waals surface area (Å²) in [6, 6.07) is 0.386. The minimum atomic E-state index is -0.141. The van der Waals surface area contributed by atoms with Crippen molar-refractivity contribution in [3.63, 3.8) is 0 Å². The summed E-state index contributed by atoms with van der Waals surface area (Å²) in [5.41, 5.74) is 0. The molecule has 1 saturated carbocycles. The van der Waals surface area contributed by atoms with Crippen LogP contribution in [0.2, 0.25) is 0 Å². The van der Waals surface area contributed by atoms with E-state index in [0.29, 0.717) is 25.6 Å². The Morgan fingerprint density at radius 2 is 1.91 bits per heavy atom. The van der Waals surface area contributed by atoms with E-state index in [0.717, 1.165) is 38.9 Å². The van der Waals surface area contributed by atoms with Gasteiger partial charge in [0.05, 0.1) is 5.92 Å². The van der Waals surface area contributed by atoms with Gasteiger partial charge in [-0.1, -0.05) is 33.1 Å². The number of hydrogen-bond acceptors (Lipinski definition) is 3. The molecule has 0 aromatic rings. The van der Waals surface area contributed by atoms with Crippen LogP contribution in [0.15, 0.2) is 0 Å². The van der Waals surface area contributed by atoms with Crippen LogP contribution in [-0.2, 0) is 9.59 Å². The van der Waals surface area contributed by atoms with Gasteiger partial charge in [-0.3, -0.25) is 9.59 Å². The summed E-state index contributed by atoms with van der Waals surface area (Å²) in [5.74, 6) is 0.106. The van der Waals surface area contributed by atoms with E-state index in [1.807, 2.05) is 4.90 Å². The van der Waals surface area contributed by atoms with E-state index in [1.54, 1.807) is 0 Å². The van der Waals surface area contributed by atoms with E-state index >= 15 is 0 Å². The normalized spacial score (nSPS) is 22.8. The largest absolute Gasteiger partial charge is 0.356 e. The Labute approximate surface area is 140 Å².